The van der Waals surface area contributed by atoms with Crippen molar-refractivity contribution in [3.63, 3.8) is 0 Å². The first-order valence-corrected chi connectivity index (χ1v) is 7.78. The van der Waals surface area contributed by atoms with E-state index in [2.05, 4.69) is 33.0 Å². The summed E-state index contributed by atoms with van der Waals surface area (Å²) in [4.78, 5) is 22.0. The van der Waals surface area contributed by atoms with Crippen molar-refractivity contribution in [1.29, 1.82) is 0 Å². The summed E-state index contributed by atoms with van der Waals surface area (Å²) < 4.78 is 5.08. The lowest BCUT2D eigenvalue weighted by atomic mass is 10.0. The molecule has 126 valence electrons. The van der Waals surface area contributed by atoms with E-state index in [0.717, 1.165) is 12.7 Å². The van der Waals surface area contributed by atoms with E-state index in [1.807, 2.05) is 27.7 Å². The Morgan fingerprint density at radius 3 is 1.95 bits per heavy atom. The van der Waals surface area contributed by atoms with Crippen LogP contribution in [0.15, 0.2) is 0 Å². The van der Waals surface area contributed by atoms with Gasteiger partial charge in [-0.2, -0.15) is 0 Å². The molecule has 0 heterocycles. The standard InChI is InChI=1S/C12H23NO3.C5H12/c1-5-9-16-11(15)10(7-6-8-14)13-12(2,3)4;1-5(2,3)4/h8,10,13H,5-7,9H2,1-4H3;1-4H3. The molecule has 0 saturated heterocycles. The van der Waals surface area contributed by atoms with Crippen LogP contribution in [0.5, 0.6) is 0 Å². The quantitative estimate of drug-likeness (QED) is 0.575. The Kier molecular flexibility index (Phi) is 11.5. The first kappa shape index (κ1) is 22.4. The normalized spacial score (nSPS) is 13.0. The van der Waals surface area contributed by atoms with Crippen molar-refractivity contribution in [3.05, 3.63) is 0 Å². The highest BCUT2D eigenvalue weighted by atomic mass is 16.5. The SMILES string of the molecule is CC(C)(C)C.CCCOC(=O)C(CCC=O)NC(C)(C)C. The molecule has 0 saturated carbocycles. The van der Waals surface area contributed by atoms with Crippen molar-refractivity contribution < 1.29 is 14.3 Å². The van der Waals surface area contributed by atoms with Crippen LogP contribution in [-0.2, 0) is 14.3 Å². The molecule has 0 radical (unpaired) electrons. The van der Waals surface area contributed by atoms with Gasteiger partial charge in [0.05, 0.1) is 6.61 Å². The molecular formula is C17H35NO3. The first-order valence-electron chi connectivity index (χ1n) is 7.78. The van der Waals surface area contributed by atoms with E-state index >= 15 is 0 Å². The molecule has 0 rings (SSSR count). The van der Waals surface area contributed by atoms with Gasteiger partial charge < -0.3 is 9.53 Å². The first-order chi connectivity index (χ1) is 9.40. The largest absolute Gasteiger partial charge is 0.465 e. The van der Waals surface area contributed by atoms with Crippen LogP contribution in [0.25, 0.3) is 0 Å². The van der Waals surface area contributed by atoms with Crippen molar-refractivity contribution in [3.8, 4) is 0 Å². The fraction of sp³-hybridized carbons (Fsp3) is 0.882. The zero-order valence-electron chi connectivity index (χ0n) is 15.2. The maximum atomic E-state index is 11.7. The minimum absolute atomic E-state index is 0.168. The van der Waals surface area contributed by atoms with E-state index < -0.39 is 6.04 Å². The highest BCUT2D eigenvalue weighted by Gasteiger charge is 2.24. The molecule has 0 aromatic heterocycles. The van der Waals surface area contributed by atoms with Crippen molar-refractivity contribution in [1.82, 2.24) is 5.32 Å². The lowest BCUT2D eigenvalue weighted by Gasteiger charge is -2.26. The van der Waals surface area contributed by atoms with Crippen LogP contribution in [0.3, 0.4) is 0 Å². The van der Waals surface area contributed by atoms with Crippen LogP contribution in [0.2, 0.25) is 0 Å². The predicted octanol–water partition coefficient (Wildman–Crippen LogP) is 3.73. The topological polar surface area (TPSA) is 55.4 Å². The number of ether oxygens (including phenoxy) is 1. The van der Waals surface area contributed by atoms with Gasteiger partial charge in [0, 0.05) is 12.0 Å². The van der Waals surface area contributed by atoms with Gasteiger partial charge >= 0.3 is 5.97 Å². The third-order valence-electron chi connectivity index (χ3n) is 1.91. The zero-order valence-corrected chi connectivity index (χ0v) is 15.2. The zero-order chi connectivity index (χ0) is 17.1. The second-order valence-electron chi connectivity index (χ2n) is 7.86. The molecule has 0 aliphatic heterocycles. The number of esters is 1. The second-order valence-corrected chi connectivity index (χ2v) is 7.86. The molecule has 0 amide bonds. The molecule has 0 bridgehead atoms. The number of hydrogen-bond acceptors (Lipinski definition) is 4. The lowest BCUT2D eigenvalue weighted by Crippen LogP contribution is -2.48. The Labute approximate surface area is 131 Å². The Bertz CT molecular complexity index is 281. The maximum absolute atomic E-state index is 11.7. The van der Waals surface area contributed by atoms with Gasteiger partial charge in [-0.1, -0.05) is 34.6 Å². The van der Waals surface area contributed by atoms with E-state index in [1.165, 1.54) is 0 Å². The Morgan fingerprint density at radius 2 is 1.62 bits per heavy atom. The van der Waals surface area contributed by atoms with Crippen LogP contribution < -0.4 is 5.32 Å². The number of carbonyl (C=O) groups excluding carboxylic acids is 2. The summed E-state index contributed by atoms with van der Waals surface area (Å²) in [6.45, 7) is 17.1. The van der Waals surface area contributed by atoms with Crippen LogP contribution in [0, 0.1) is 5.41 Å². The number of carbonyl (C=O) groups is 2. The molecule has 1 N–H and O–H groups in total. The molecule has 0 fully saturated rings. The predicted molar refractivity (Wildman–Crippen MR) is 88.4 cm³/mol. The van der Waals surface area contributed by atoms with E-state index in [4.69, 9.17) is 4.74 Å². The summed E-state index contributed by atoms with van der Waals surface area (Å²) in [7, 11) is 0. The molecular weight excluding hydrogens is 266 g/mol. The highest BCUT2D eigenvalue weighted by molar-refractivity contribution is 5.76. The molecule has 0 spiro atoms. The number of rotatable bonds is 7. The summed E-state index contributed by atoms with van der Waals surface area (Å²) >= 11 is 0. The summed E-state index contributed by atoms with van der Waals surface area (Å²) in [5, 5.41) is 3.17. The van der Waals surface area contributed by atoms with Crippen LogP contribution in [-0.4, -0.2) is 30.4 Å². The number of aldehydes is 1. The van der Waals surface area contributed by atoms with Crippen LogP contribution in [0.1, 0.15) is 74.7 Å². The smallest absolute Gasteiger partial charge is 0.323 e. The third-order valence-corrected chi connectivity index (χ3v) is 1.91. The number of nitrogens with one attached hydrogen (secondary N) is 1. The summed E-state index contributed by atoms with van der Waals surface area (Å²) in [6, 6.07) is -0.392. The van der Waals surface area contributed by atoms with E-state index in [0.29, 0.717) is 24.9 Å². The molecule has 1 atom stereocenters. The van der Waals surface area contributed by atoms with Crippen LogP contribution >= 0.6 is 0 Å². The van der Waals surface area contributed by atoms with Crippen molar-refractivity contribution >= 4 is 12.3 Å². The monoisotopic (exact) mass is 301 g/mol. The summed E-state index contributed by atoms with van der Waals surface area (Å²) in [5.74, 6) is -0.265. The molecule has 0 aromatic carbocycles. The van der Waals surface area contributed by atoms with Gasteiger partial charge in [-0.25, -0.2) is 0 Å². The number of hydrogen-bond donors (Lipinski definition) is 1. The minimum atomic E-state index is -0.392. The summed E-state index contributed by atoms with van der Waals surface area (Å²) in [6.07, 6.45) is 2.49. The van der Waals surface area contributed by atoms with Crippen LogP contribution in [0.4, 0.5) is 0 Å². The van der Waals surface area contributed by atoms with Crippen molar-refractivity contribution in [2.45, 2.75) is 86.2 Å². The Morgan fingerprint density at radius 1 is 1.14 bits per heavy atom. The third kappa shape index (κ3) is 21.5. The Balaban J connectivity index is 0. The molecule has 0 aromatic rings. The van der Waals surface area contributed by atoms with E-state index in [1.54, 1.807) is 0 Å². The van der Waals surface area contributed by atoms with Crippen molar-refractivity contribution in [2.24, 2.45) is 5.41 Å². The lowest BCUT2D eigenvalue weighted by molar-refractivity contribution is -0.147. The van der Waals surface area contributed by atoms with Gasteiger partial charge in [-0.15, -0.1) is 0 Å². The highest BCUT2D eigenvalue weighted by Crippen LogP contribution is 2.08. The second kappa shape index (κ2) is 10.8. The molecule has 4 heteroatoms. The minimum Gasteiger partial charge on any atom is -0.465 e. The molecule has 4 nitrogen and oxygen atoms in total. The average molecular weight is 301 g/mol. The van der Waals surface area contributed by atoms with E-state index in [9.17, 15) is 9.59 Å². The van der Waals surface area contributed by atoms with Crippen molar-refractivity contribution in [2.75, 3.05) is 6.61 Å². The van der Waals surface area contributed by atoms with Gasteiger partial charge in [0.25, 0.3) is 0 Å². The molecule has 0 aliphatic carbocycles. The van der Waals surface area contributed by atoms with Gasteiger partial charge in [0.15, 0.2) is 0 Å². The Hall–Kier alpha value is -0.900. The van der Waals surface area contributed by atoms with Gasteiger partial charge in [-0.3, -0.25) is 10.1 Å². The maximum Gasteiger partial charge on any atom is 0.323 e. The van der Waals surface area contributed by atoms with Gasteiger partial charge in [0.2, 0.25) is 0 Å². The molecule has 1 unspecified atom stereocenters. The summed E-state index contributed by atoms with van der Waals surface area (Å²) in [5.41, 5.74) is 0.332. The van der Waals surface area contributed by atoms with Gasteiger partial charge in [-0.05, 0) is 39.0 Å². The molecule has 21 heavy (non-hydrogen) atoms. The van der Waals surface area contributed by atoms with E-state index in [-0.39, 0.29) is 11.5 Å². The molecule has 0 aliphatic rings. The fourth-order valence-corrected chi connectivity index (χ4v) is 1.31. The van der Waals surface area contributed by atoms with Gasteiger partial charge in [0.1, 0.15) is 12.3 Å². The average Bonchev–Trinajstić information content (AvgIpc) is 2.27. The fourth-order valence-electron chi connectivity index (χ4n) is 1.31.